The zero-order valence-electron chi connectivity index (χ0n) is 42.1. The Morgan fingerprint density at radius 3 is 1.24 bits per heavy atom. The number of nitrogens with one attached hydrogen (secondary N) is 1. The summed E-state index contributed by atoms with van der Waals surface area (Å²) in [5, 5.41) is 14.0. The first-order valence-electron chi connectivity index (χ1n) is 27.1. The lowest BCUT2D eigenvalue weighted by Crippen LogP contribution is -2.46. The van der Waals surface area contributed by atoms with E-state index in [4.69, 9.17) is 9.05 Å². The van der Waals surface area contributed by atoms with E-state index in [-0.39, 0.29) is 19.1 Å². The molecule has 1 amide bonds. The quantitative estimate of drug-likeness (QED) is 0.0243. The minimum atomic E-state index is -4.32. The summed E-state index contributed by atoms with van der Waals surface area (Å²) in [6.07, 6.45) is 54.0. The Labute approximate surface area is 386 Å². The van der Waals surface area contributed by atoms with Crippen molar-refractivity contribution in [3.05, 3.63) is 12.2 Å². The summed E-state index contributed by atoms with van der Waals surface area (Å²) in [6.45, 7) is 4.91. The third kappa shape index (κ3) is 47.2. The van der Waals surface area contributed by atoms with E-state index in [0.29, 0.717) is 23.9 Å². The number of likely N-dealkylation sites (N-methyl/N-ethyl adjacent to an activating group) is 1. The van der Waals surface area contributed by atoms with Gasteiger partial charge in [0.2, 0.25) is 5.91 Å². The van der Waals surface area contributed by atoms with Crippen LogP contribution in [0.3, 0.4) is 0 Å². The van der Waals surface area contributed by atoms with Gasteiger partial charge in [-0.2, -0.15) is 0 Å². The van der Waals surface area contributed by atoms with Gasteiger partial charge in [0.1, 0.15) is 13.2 Å². The van der Waals surface area contributed by atoms with Crippen molar-refractivity contribution in [2.45, 2.75) is 283 Å². The van der Waals surface area contributed by atoms with Gasteiger partial charge in [-0.3, -0.25) is 13.8 Å². The van der Waals surface area contributed by atoms with E-state index in [1.807, 2.05) is 21.1 Å². The average Bonchev–Trinajstić information content (AvgIpc) is 3.23. The fraction of sp³-hybridized carbons (Fsp3) is 0.943. The number of aliphatic hydroxyl groups excluding tert-OH is 1. The number of hydrogen-bond acceptors (Lipinski definition) is 5. The first kappa shape index (κ1) is 61.2. The number of carbonyl (C=O) groups excluding carboxylic acids is 1. The first-order valence-corrected chi connectivity index (χ1v) is 28.5. The van der Waals surface area contributed by atoms with Gasteiger partial charge >= 0.3 is 7.82 Å². The molecule has 0 aromatic rings. The van der Waals surface area contributed by atoms with Gasteiger partial charge in [-0.1, -0.05) is 238 Å². The van der Waals surface area contributed by atoms with E-state index in [0.717, 1.165) is 44.9 Å². The minimum absolute atomic E-state index is 0.0726. The zero-order chi connectivity index (χ0) is 45.7. The van der Waals surface area contributed by atoms with Crippen molar-refractivity contribution in [2.24, 2.45) is 0 Å². The van der Waals surface area contributed by atoms with E-state index < -0.39 is 20.0 Å². The number of phosphoric ester groups is 1. The third-order valence-corrected chi connectivity index (χ3v) is 13.5. The molecule has 0 saturated heterocycles. The first-order chi connectivity index (χ1) is 30.0. The molecule has 0 aromatic carbocycles. The molecule has 0 saturated carbocycles. The Kier molecular flexibility index (Phi) is 44.8. The van der Waals surface area contributed by atoms with Crippen molar-refractivity contribution in [3.63, 3.8) is 0 Å². The maximum absolute atomic E-state index is 13.0. The Balaban J connectivity index is 4.19. The number of carbonyl (C=O) groups is 1. The van der Waals surface area contributed by atoms with Gasteiger partial charge in [0.05, 0.1) is 39.9 Å². The summed E-state index contributed by atoms with van der Waals surface area (Å²) in [5.41, 5.74) is 0. The minimum Gasteiger partial charge on any atom is -0.391 e. The zero-order valence-corrected chi connectivity index (χ0v) is 43.0. The van der Waals surface area contributed by atoms with Crippen LogP contribution in [0.2, 0.25) is 0 Å². The number of amides is 1. The molecule has 0 fully saturated rings. The number of hydrogen-bond donors (Lipinski definition) is 3. The normalized spacial score (nSPS) is 14.1. The van der Waals surface area contributed by atoms with Gasteiger partial charge in [0.15, 0.2) is 0 Å². The molecule has 0 bridgehead atoms. The highest BCUT2D eigenvalue weighted by molar-refractivity contribution is 7.47. The Hall–Kier alpha value is -0.760. The topological polar surface area (TPSA) is 105 Å². The van der Waals surface area contributed by atoms with Crippen LogP contribution in [0.15, 0.2) is 12.2 Å². The average molecular weight is 900 g/mol. The molecule has 370 valence electrons. The second-order valence-corrected chi connectivity index (χ2v) is 21.4. The Bertz CT molecular complexity index is 1020. The number of allylic oxidation sites excluding steroid dienone is 2. The fourth-order valence-corrected chi connectivity index (χ4v) is 8.96. The van der Waals surface area contributed by atoms with Gasteiger partial charge < -0.3 is 19.8 Å². The Morgan fingerprint density at radius 2 is 0.871 bits per heavy atom. The summed E-state index contributed by atoms with van der Waals surface area (Å²) in [5.74, 6) is -0.148. The number of rotatable bonds is 50. The number of aliphatic hydroxyl groups is 1. The summed E-state index contributed by atoms with van der Waals surface area (Å²) in [7, 11) is 1.61. The third-order valence-electron chi connectivity index (χ3n) is 12.5. The summed E-state index contributed by atoms with van der Waals surface area (Å²) in [6, 6.07) is -0.772. The van der Waals surface area contributed by atoms with Gasteiger partial charge in [0.25, 0.3) is 0 Å². The highest BCUT2D eigenvalue weighted by Crippen LogP contribution is 2.43. The molecule has 8 nitrogen and oxygen atoms in total. The van der Waals surface area contributed by atoms with Crippen molar-refractivity contribution in [1.29, 1.82) is 0 Å². The molecule has 3 atom stereocenters. The molecule has 62 heavy (non-hydrogen) atoms. The van der Waals surface area contributed by atoms with Crippen LogP contribution in [0.1, 0.15) is 271 Å². The van der Waals surface area contributed by atoms with Gasteiger partial charge in [-0.15, -0.1) is 0 Å². The molecule has 0 radical (unpaired) electrons. The van der Waals surface area contributed by atoms with Gasteiger partial charge in [-0.25, -0.2) is 4.57 Å². The molecule has 0 rings (SSSR count). The van der Waals surface area contributed by atoms with Crippen LogP contribution in [0.25, 0.3) is 0 Å². The van der Waals surface area contributed by atoms with Crippen molar-refractivity contribution in [2.75, 3.05) is 40.9 Å². The lowest BCUT2D eigenvalue weighted by atomic mass is 10.0. The maximum atomic E-state index is 13.0. The van der Waals surface area contributed by atoms with Crippen LogP contribution in [0.4, 0.5) is 0 Å². The van der Waals surface area contributed by atoms with Crippen molar-refractivity contribution in [3.8, 4) is 0 Å². The van der Waals surface area contributed by atoms with E-state index in [1.54, 1.807) is 0 Å². The number of phosphoric acid groups is 1. The lowest BCUT2D eigenvalue weighted by molar-refractivity contribution is -0.870. The van der Waals surface area contributed by atoms with Crippen molar-refractivity contribution in [1.82, 2.24) is 5.32 Å². The van der Waals surface area contributed by atoms with Crippen LogP contribution in [0.5, 0.6) is 0 Å². The molecule has 3 N–H and O–H groups in total. The summed E-state index contributed by atoms with van der Waals surface area (Å²) >= 11 is 0. The van der Waals surface area contributed by atoms with Crippen LogP contribution in [-0.4, -0.2) is 73.4 Å². The van der Waals surface area contributed by atoms with Crippen molar-refractivity contribution >= 4 is 13.7 Å². The van der Waals surface area contributed by atoms with Crippen molar-refractivity contribution < 1.29 is 32.9 Å². The molecule has 9 heteroatoms. The fourth-order valence-electron chi connectivity index (χ4n) is 8.22. The summed E-state index contributed by atoms with van der Waals surface area (Å²) < 4.78 is 23.7. The molecule has 0 aliphatic rings. The largest absolute Gasteiger partial charge is 0.472 e. The Morgan fingerprint density at radius 1 is 0.532 bits per heavy atom. The monoisotopic (exact) mass is 900 g/mol. The number of quaternary nitrogens is 1. The molecular formula is C53H108N2O6P+. The molecular weight excluding hydrogens is 792 g/mol. The lowest BCUT2D eigenvalue weighted by Gasteiger charge is -2.26. The highest BCUT2D eigenvalue weighted by atomic mass is 31.2. The van der Waals surface area contributed by atoms with Gasteiger partial charge in [0, 0.05) is 6.42 Å². The highest BCUT2D eigenvalue weighted by Gasteiger charge is 2.28. The van der Waals surface area contributed by atoms with E-state index in [1.165, 1.54) is 199 Å². The molecule has 1 unspecified atom stereocenters. The van der Waals surface area contributed by atoms with E-state index in [2.05, 4.69) is 31.3 Å². The van der Waals surface area contributed by atoms with Gasteiger partial charge in [-0.05, 0) is 38.5 Å². The van der Waals surface area contributed by atoms with Crippen LogP contribution in [0, 0.1) is 0 Å². The molecule has 0 aromatic heterocycles. The smallest absolute Gasteiger partial charge is 0.391 e. The van der Waals surface area contributed by atoms with E-state index >= 15 is 0 Å². The second-order valence-electron chi connectivity index (χ2n) is 20.0. The standard InChI is InChI=1S/C53H107N2O6P/c1-6-8-10-12-14-16-18-20-22-24-25-26-27-28-29-31-33-35-37-39-41-43-45-47-53(57)54-51(50-61-62(58,59)60-49-48-55(3,4)5)52(56)46-44-42-40-38-36-34-32-30-23-21-19-17-15-13-11-9-7-2/h36,38,51-52,56H,6-35,37,39-50H2,1-5H3,(H-,54,57,58,59)/p+1/b38-36+/t51-,52+/m0/s1. The molecule has 0 aliphatic carbocycles. The molecule has 0 aliphatic heterocycles. The maximum Gasteiger partial charge on any atom is 0.472 e. The number of nitrogens with zero attached hydrogens (tertiary/aromatic N) is 1. The molecule has 0 spiro atoms. The molecule has 0 heterocycles. The van der Waals surface area contributed by atoms with Crippen LogP contribution >= 0.6 is 7.82 Å². The SMILES string of the molecule is CCCCCCCCCCCCC/C=C/CCCC[C@@H](O)[C@H](COP(=O)(O)OCC[N+](C)(C)C)NC(=O)CCCCCCCCCCCCCCCCCCCCCCCCC. The number of unbranched alkanes of at least 4 members (excludes halogenated alkanes) is 35. The predicted molar refractivity (Wildman–Crippen MR) is 268 cm³/mol. The van der Waals surface area contributed by atoms with Crippen LogP contribution in [-0.2, 0) is 18.4 Å². The predicted octanol–water partition coefficient (Wildman–Crippen LogP) is 15.9. The second kappa shape index (κ2) is 45.4. The van der Waals surface area contributed by atoms with Crippen LogP contribution < -0.4 is 5.32 Å². The van der Waals surface area contributed by atoms with E-state index in [9.17, 15) is 19.4 Å². The summed E-state index contributed by atoms with van der Waals surface area (Å²) in [4.78, 5) is 23.3.